The number of phenolic OH excluding ortho intramolecular Hbond substituents is 1. The first kappa shape index (κ1) is 15.7. The Morgan fingerprint density at radius 1 is 0.920 bits per heavy atom. The molecule has 25 heavy (non-hydrogen) atoms. The normalized spacial score (nSPS) is 13.2. The summed E-state index contributed by atoms with van der Waals surface area (Å²) in [6.45, 7) is 0.0489. The number of anilines is 1. The maximum absolute atomic E-state index is 13.7. The summed E-state index contributed by atoms with van der Waals surface area (Å²) in [6, 6.07) is 16.9. The van der Waals surface area contributed by atoms with E-state index in [1.807, 2.05) is 12.1 Å². The van der Waals surface area contributed by atoms with Crippen molar-refractivity contribution < 1.29 is 17.9 Å². The first-order valence-electron chi connectivity index (χ1n) is 7.66. The van der Waals surface area contributed by atoms with Gasteiger partial charge >= 0.3 is 0 Å². The van der Waals surface area contributed by atoms with Gasteiger partial charge in [0.2, 0.25) is 0 Å². The van der Waals surface area contributed by atoms with E-state index >= 15 is 0 Å². The molecule has 126 valence electrons. The van der Waals surface area contributed by atoms with Gasteiger partial charge in [-0.25, -0.2) is 12.8 Å². The predicted molar refractivity (Wildman–Crippen MR) is 93.3 cm³/mol. The number of hydrogen-bond donors (Lipinski definition) is 1. The third kappa shape index (κ3) is 2.55. The van der Waals surface area contributed by atoms with E-state index in [2.05, 4.69) is 0 Å². The van der Waals surface area contributed by atoms with Gasteiger partial charge in [-0.2, -0.15) is 0 Å². The van der Waals surface area contributed by atoms with Crippen LogP contribution in [0, 0.1) is 5.82 Å². The Balaban J connectivity index is 1.90. The molecule has 0 unspecified atom stereocenters. The first-order valence-corrected chi connectivity index (χ1v) is 9.10. The molecule has 3 aromatic carbocycles. The molecule has 1 N–H and O–H groups in total. The third-order valence-electron chi connectivity index (χ3n) is 4.27. The number of benzene rings is 3. The van der Waals surface area contributed by atoms with Crippen molar-refractivity contribution >= 4 is 15.7 Å². The second kappa shape index (κ2) is 5.60. The molecule has 0 radical (unpaired) electrons. The second-order valence-corrected chi connectivity index (χ2v) is 7.69. The SMILES string of the molecule is O=S(=O)(c1ccc(O)cc1)N1Cc2cc(F)ccc2-c2ccccc21. The van der Waals surface area contributed by atoms with Crippen LogP contribution in [0.15, 0.2) is 71.6 Å². The lowest BCUT2D eigenvalue weighted by Crippen LogP contribution is -2.33. The minimum absolute atomic E-state index is 0.00888. The lowest BCUT2D eigenvalue weighted by Gasteiger charge is -2.32. The second-order valence-electron chi connectivity index (χ2n) is 5.82. The van der Waals surface area contributed by atoms with E-state index in [1.165, 1.54) is 40.7 Å². The van der Waals surface area contributed by atoms with E-state index in [1.54, 1.807) is 18.2 Å². The summed E-state index contributed by atoms with van der Waals surface area (Å²) in [6.07, 6.45) is 0. The molecule has 3 aromatic rings. The molecule has 0 fully saturated rings. The van der Waals surface area contributed by atoms with Crippen LogP contribution < -0.4 is 4.31 Å². The Labute approximate surface area is 144 Å². The number of rotatable bonds is 2. The van der Waals surface area contributed by atoms with Crippen molar-refractivity contribution in [2.24, 2.45) is 0 Å². The molecule has 4 rings (SSSR count). The highest BCUT2D eigenvalue weighted by Gasteiger charge is 2.31. The number of hydrogen-bond acceptors (Lipinski definition) is 3. The molecule has 0 bridgehead atoms. The Kier molecular flexibility index (Phi) is 3.51. The van der Waals surface area contributed by atoms with Crippen molar-refractivity contribution in [1.29, 1.82) is 0 Å². The zero-order valence-corrected chi connectivity index (χ0v) is 13.9. The lowest BCUT2D eigenvalue weighted by atomic mass is 9.95. The van der Waals surface area contributed by atoms with Crippen LogP contribution in [0.5, 0.6) is 5.75 Å². The van der Waals surface area contributed by atoms with Gasteiger partial charge in [0.15, 0.2) is 0 Å². The van der Waals surface area contributed by atoms with E-state index in [4.69, 9.17) is 0 Å². The summed E-state index contributed by atoms with van der Waals surface area (Å²) in [5, 5.41) is 9.40. The molecule has 0 aliphatic carbocycles. The molecular weight excluding hydrogens is 341 g/mol. The zero-order valence-electron chi connectivity index (χ0n) is 13.1. The van der Waals surface area contributed by atoms with Crippen LogP contribution in [0.3, 0.4) is 0 Å². The summed E-state index contributed by atoms with van der Waals surface area (Å²) in [4.78, 5) is 0.0694. The van der Waals surface area contributed by atoms with Gasteiger partial charge in [-0.1, -0.05) is 24.3 Å². The van der Waals surface area contributed by atoms with Gasteiger partial charge in [-0.3, -0.25) is 4.31 Å². The summed E-state index contributed by atoms with van der Waals surface area (Å²) in [7, 11) is -3.85. The van der Waals surface area contributed by atoms with Crippen molar-refractivity contribution in [3.63, 3.8) is 0 Å². The van der Waals surface area contributed by atoms with Crippen LogP contribution in [0.2, 0.25) is 0 Å². The van der Waals surface area contributed by atoms with Crippen LogP contribution in [0.1, 0.15) is 5.56 Å². The summed E-state index contributed by atoms with van der Waals surface area (Å²) in [5.41, 5.74) is 2.73. The molecule has 0 atom stereocenters. The Morgan fingerprint density at radius 3 is 2.40 bits per heavy atom. The van der Waals surface area contributed by atoms with Crippen molar-refractivity contribution in [1.82, 2.24) is 0 Å². The zero-order chi connectivity index (χ0) is 17.6. The average Bonchev–Trinajstić information content (AvgIpc) is 2.61. The van der Waals surface area contributed by atoms with Crippen LogP contribution >= 0.6 is 0 Å². The molecular formula is C19H14FNO3S. The Hall–Kier alpha value is -2.86. The van der Waals surface area contributed by atoms with E-state index < -0.39 is 15.8 Å². The Bertz CT molecular complexity index is 1060. The fourth-order valence-electron chi connectivity index (χ4n) is 3.07. The van der Waals surface area contributed by atoms with Gasteiger partial charge in [0.25, 0.3) is 10.0 Å². The van der Waals surface area contributed by atoms with E-state index in [9.17, 15) is 17.9 Å². The number of fused-ring (bicyclic) bond motifs is 3. The highest BCUT2D eigenvalue weighted by Crippen LogP contribution is 2.41. The minimum atomic E-state index is -3.85. The van der Waals surface area contributed by atoms with Crippen molar-refractivity contribution in [2.75, 3.05) is 4.31 Å². The third-order valence-corrected chi connectivity index (χ3v) is 6.04. The summed E-state index contributed by atoms with van der Waals surface area (Å²) >= 11 is 0. The highest BCUT2D eigenvalue weighted by molar-refractivity contribution is 7.92. The van der Waals surface area contributed by atoms with Crippen LogP contribution in [-0.4, -0.2) is 13.5 Å². The van der Waals surface area contributed by atoms with Gasteiger partial charge in [0.1, 0.15) is 11.6 Å². The number of para-hydroxylation sites is 1. The van der Waals surface area contributed by atoms with Crippen LogP contribution in [0.4, 0.5) is 10.1 Å². The average molecular weight is 355 g/mol. The fourth-order valence-corrected chi connectivity index (χ4v) is 4.54. The van der Waals surface area contributed by atoms with E-state index in [0.29, 0.717) is 11.3 Å². The summed E-state index contributed by atoms with van der Waals surface area (Å²) < 4.78 is 41.2. The maximum atomic E-state index is 13.7. The fraction of sp³-hybridized carbons (Fsp3) is 0.0526. The molecule has 1 aliphatic heterocycles. The summed E-state index contributed by atoms with van der Waals surface area (Å²) in [5.74, 6) is -0.412. The van der Waals surface area contributed by atoms with Crippen molar-refractivity contribution in [3.8, 4) is 16.9 Å². The highest BCUT2D eigenvalue weighted by atomic mass is 32.2. The van der Waals surface area contributed by atoms with Crippen molar-refractivity contribution in [3.05, 3.63) is 78.1 Å². The number of aromatic hydroxyl groups is 1. The van der Waals surface area contributed by atoms with Gasteiger partial charge in [0, 0.05) is 5.56 Å². The van der Waals surface area contributed by atoms with Crippen molar-refractivity contribution in [2.45, 2.75) is 11.4 Å². The number of nitrogens with zero attached hydrogens (tertiary/aromatic N) is 1. The van der Waals surface area contributed by atoms with E-state index in [0.717, 1.165) is 11.1 Å². The van der Waals surface area contributed by atoms with Gasteiger partial charge in [-0.05, 0) is 53.6 Å². The van der Waals surface area contributed by atoms with Gasteiger partial charge in [-0.15, -0.1) is 0 Å². The number of phenols is 1. The molecule has 4 nitrogen and oxygen atoms in total. The number of sulfonamides is 1. The largest absolute Gasteiger partial charge is 0.508 e. The molecule has 0 saturated heterocycles. The topological polar surface area (TPSA) is 57.6 Å². The van der Waals surface area contributed by atoms with Gasteiger partial charge < -0.3 is 5.11 Å². The monoisotopic (exact) mass is 355 g/mol. The maximum Gasteiger partial charge on any atom is 0.264 e. The molecule has 0 saturated carbocycles. The molecule has 1 heterocycles. The molecule has 0 aromatic heterocycles. The van der Waals surface area contributed by atoms with Gasteiger partial charge in [0.05, 0.1) is 17.1 Å². The number of halogens is 1. The molecule has 6 heteroatoms. The standard InChI is InChI=1S/C19H14FNO3S/c20-14-5-10-17-13(11-14)12-21(19-4-2-1-3-18(17)19)25(23,24)16-8-6-15(22)7-9-16/h1-11,22H,12H2. The molecule has 0 amide bonds. The first-order chi connectivity index (χ1) is 12.0. The molecule has 0 spiro atoms. The molecule has 1 aliphatic rings. The Morgan fingerprint density at radius 2 is 1.64 bits per heavy atom. The minimum Gasteiger partial charge on any atom is -0.508 e. The van der Waals surface area contributed by atoms with Crippen LogP contribution in [-0.2, 0) is 16.6 Å². The predicted octanol–water partition coefficient (Wildman–Crippen LogP) is 3.91. The quantitative estimate of drug-likeness (QED) is 0.758. The van der Waals surface area contributed by atoms with Crippen LogP contribution in [0.25, 0.3) is 11.1 Å². The lowest BCUT2D eigenvalue weighted by molar-refractivity contribution is 0.474. The van der Waals surface area contributed by atoms with E-state index in [-0.39, 0.29) is 17.2 Å². The smallest absolute Gasteiger partial charge is 0.264 e.